The van der Waals surface area contributed by atoms with Crippen molar-refractivity contribution in [2.24, 2.45) is 5.84 Å². The number of hydrogen-bond acceptors (Lipinski definition) is 4. The summed E-state index contributed by atoms with van der Waals surface area (Å²) in [6, 6.07) is 4.10. The second-order valence-corrected chi connectivity index (χ2v) is 5.40. The topological polar surface area (TPSA) is 51.2 Å². The molecule has 0 spiro atoms. The Labute approximate surface area is 107 Å². The van der Waals surface area contributed by atoms with Gasteiger partial charge in [-0.1, -0.05) is 0 Å². The van der Waals surface area contributed by atoms with Crippen LogP contribution >= 0.6 is 27.3 Å². The van der Waals surface area contributed by atoms with Gasteiger partial charge in [0.25, 0.3) is 0 Å². The molecule has 2 rings (SSSR count). The Bertz CT molecular complexity index is 466. The molecule has 0 bridgehead atoms. The van der Waals surface area contributed by atoms with E-state index in [-0.39, 0.29) is 6.04 Å². The highest BCUT2D eigenvalue weighted by atomic mass is 79.9. The Morgan fingerprint density at radius 1 is 1.56 bits per heavy atom. The Hall–Kier alpha value is -0.620. The van der Waals surface area contributed by atoms with Crippen LogP contribution in [-0.2, 0) is 6.42 Å². The summed E-state index contributed by atoms with van der Waals surface area (Å²) in [7, 11) is 0. The molecule has 2 aromatic heterocycles. The maximum absolute atomic E-state index is 5.60. The molecule has 0 aliphatic heterocycles. The molecular weight excluding hydrogens is 288 g/mol. The van der Waals surface area contributed by atoms with E-state index >= 15 is 0 Å². The molecule has 0 fully saturated rings. The van der Waals surface area contributed by atoms with Crippen LogP contribution < -0.4 is 11.3 Å². The first kappa shape index (κ1) is 11.9. The van der Waals surface area contributed by atoms with Crippen molar-refractivity contribution in [2.75, 3.05) is 0 Å². The van der Waals surface area contributed by atoms with Crippen LogP contribution in [0.4, 0.5) is 0 Å². The van der Waals surface area contributed by atoms with E-state index in [1.165, 1.54) is 4.88 Å². The van der Waals surface area contributed by atoms with Gasteiger partial charge >= 0.3 is 0 Å². The van der Waals surface area contributed by atoms with Crippen molar-refractivity contribution < 1.29 is 4.42 Å². The lowest BCUT2D eigenvalue weighted by Gasteiger charge is -2.14. The Kier molecular flexibility index (Phi) is 3.81. The van der Waals surface area contributed by atoms with Crippen molar-refractivity contribution in [2.45, 2.75) is 19.4 Å². The van der Waals surface area contributed by atoms with Crippen molar-refractivity contribution >= 4 is 27.3 Å². The molecule has 5 heteroatoms. The van der Waals surface area contributed by atoms with Gasteiger partial charge in [0.05, 0.1) is 12.3 Å². The summed E-state index contributed by atoms with van der Waals surface area (Å²) >= 11 is 5.25. The lowest BCUT2D eigenvalue weighted by molar-refractivity contribution is 0.503. The van der Waals surface area contributed by atoms with Crippen LogP contribution in [0.2, 0.25) is 0 Å². The average Bonchev–Trinajstić information content (AvgIpc) is 2.85. The molecular formula is C11H13BrN2OS. The normalized spacial score (nSPS) is 12.9. The van der Waals surface area contributed by atoms with E-state index in [0.717, 1.165) is 22.2 Å². The third-order valence-electron chi connectivity index (χ3n) is 2.56. The summed E-state index contributed by atoms with van der Waals surface area (Å²) in [5.74, 6) is 6.51. The highest BCUT2D eigenvalue weighted by Gasteiger charge is 2.16. The molecule has 86 valence electrons. The fourth-order valence-corrected chi connectivity index (χ4v) is 3.23. The van der Waals surface area contributed by atoms with Crippen LogP contribution in [0, 0.1) is 6.92 Å². The molecule has 0 saturated carbocycles. The van der Waals surface area contributed by atoms with Gasteiger partial charge in [0, 0.05) is 21.3 Å². The van der Waals surface area contributed by atoms with E-state index in [1.807, 2.05) is 13.0 Å². The molecule has 16 heavy (non-hydrogen) atoms. The lowest BCUT2D eigenvalue weighted by atomic mass is 10.0. The summed E-state index contributed by atoms with van der Waals surface area (Å²) in [6.07, 6.45) is 2.55. The van der Waals surface area contributed by atoms with Crippen LogP contribution in [-0.4, -0.2) is 0 Å². The number of hydrazine groups is 1. The minimum Gasteiger partial charge on any atom is -0.469 e. The van der Waals surface area contributed by atoms with E-state index in [9.17, 15) is 0 Å². The quantitative estimate of drug-likeness (QED) is 0.674. The molecule has 2 heterocycles. The third kappa shape index (κ3) is 2.38. The van der Waals surface area contributed by atoms with Crippen molar-refractivity contribution in [1.29, 1.82) is 0 Å². The van der Waals surface area contributed by atoms with Gasteiger partial charge in [-0.15, -0.1) is 11.3 Å². The summed E-state index contributed by atoms with van der Waals surface area (Å²) in [4.78, 5) is 1.28. The molecule has 0 radical (unpaired) electrons. The van der Waals surface area contributed by atoms with E-state index in [0.29, 0.717) is 0 Å². The van der Waals surface area contributed by atoms with Crippen LogP contribution in [0.15, 0.2) is 32.7 Å². The van der Waals surface area contributed by atoms with Crippen molar-refractivity contribution in [1.82, 2.24) is 5.43 Å². The zero-order valence-corrected chi connectivity index (χ0v) is 11.3. The number of nitrogens with two attached hydrogens (primary N) is 1. The van der Waals surface area contributed by atoms with Crippen LogP contribution in [0.1, 0.15) is 22.2 Å². The van der Waals surface area contributed by atoms with Crippen LogP contribution in [0.5, 0.6) is 0 Å². The number of hydrogen-bond donors (Lipinski definition) is 2. The van der Waals surface area contributed by atoms with Crippen LogP contribution in [0.25, 0.3) is 0 Å². The lowest BCUT2D eigenvalue weighted by Crippen LogP contribution is -2.29. The minimum atomic E-state index is 0.0914. The van der Waals surface area contributed by atoms with Gasteiger partial charge in [0.1, 0.15) is 5.76 Å². The second kappa shape index (κ2) is 5.14. The molecule has 1 unspecified atom stereocenters. The molecule has 0 aliphatic carbocycles. The highest BCUT2D eigenvalue weighted by Crippen LogP contribution is 2.29. The van der Waals surface area contributed by atoms with E-state index < -0.39 is 0 Å². The van der Waals surface area contributed by atoms with Gasteiger partial charge in [-0.2, -0.15) is 0 Å². The number of nitrogens with one attached hydrogen (secondary N) is 1. The van der Waals surface area contributed by atoms with E-state index in [4.69, 9.17) is 10.3 Å². The molecule has 0 aliphatic rings. The van der Waals surface area contributed by atoms with Crippen molar-refractivity contribution in [3.05, 3.63) is 44.4 Å². The van der Waals surface area contributed by atoms with Crippen molar-refractivity contribution in [3.8, 4) is 0 Å². The summed E-state index contributed by atoms with van der Waals surface area (Å²) in [6.45, 7) is 1.95. The predicted molar refractivity (Wildman–Crippen MR) is 69.2 cm³/mol. The third-order valence-corrected chi connectivity index (χ3v) is 4.50. The Balaban J connectivity index is 2.19. The number of furan rings is 1. The van der Waals surface area contributed by atoms with E-state index in [2.05, 4.69) is 32.8 Å². The maximum atomic E-state index is 5.60. The first-order chi connectivity index (χ1) is 7.72. The molecule has 1 atom stereocenters. The predicted octanol–water partition coefficient (Wildman–Crippen LogP) is 3.16. The molecule has 0 saturated heterocycles. The number of thiophene rings is 1. The smallest absolute Gasteiger partial charge is 0.105 e. The zero-order chi connectivity index (χ0) is 11.5. The first-order valence-corrected chi connectivity index (χ1v) is 6.61. The molecule has 0 amide bonds. The average molecular weight is 301 g/mol. The van der Waals surface area contributed by atoms with Crippen molar-refractivity contribution in [3.63, 3.8) is 0 Å². The summed E-state index contributed by atoms with van der Waals surface area (Å²) in [5.41, 5.74) is 3.95. The number of aryl methyl sites for hydroxylation is 1. The molecule has 0 aromatic carbocycles. The maximum Gasteiger partial charge on any atom is 0.105 e. The second-order valence-electron chi connectivity index (χ2n) is 3.55. The zero-order valence-electron chi connectivity index (χ0n) is 8.87. The first-order valence-electron chi connectivity index (χ1n) is 4.94. The van der Waals surface area contributed by atoms with Gasteiger partial charge in [-0.3, -0.25) is 11.3 Å². The molecule has 3 nitrogen and oxygen atoms in total. The Morgan fingerprint density at radius 3 is 2.88 bits per heavy atom. The van der Waals surface area contributed by atoms with Gasteiger partial charge in [-0.05, 0) is 40.4 Å². The monoisotopic (exact) mass is 300 g/mol. The SMILES string of the molecule is Cc1occc1C(Cc1sccc1Br)NN. The fourth-order valence-electron chi connectivity index (χ4n) is 1.67. The summed E-state index contributed by atoms with van der Waals surface area (Å²) < 4.78 is 6.43. The number of rotatable bonds is 4. The highest BCUT2D eigenvalue weighted by molar-refractivity contribution is 9.10. The van der Waals surface area contributed by atoms with E-state index in [1.54, 1.807) is 17.6 Å². The van der Waals surface area contributed by atoms with Gasteiger partial charge in [0.15, 0.2) is 0 Å². The summed E-state index contributed by atoms with van der Waals surface area (Å²) in [5, 5.41) is 2.06. The van der Waals surface area contributed by atoms with Gasteiger partial charge < -0.3 is 4.42 Å². The fraction of sp³-hybridized carbons (Fsp3) is 0.273. The molecule has 3 N–H and O–H groups in total. The van der Waals surface area contributed by atoms with Gasteiger partial charge in [-0.25, -0.2) is 0 Å². The molecule has 2 aromatic rings. The Morgan fingerprint density at radius 2 is 2.38 bits per heavy atom. The number of halogens is 1. The standard InChI is InChI=1S/C11H13BrN2OS/c1-7-8(2-4-15-7)10(14-13)6-11-9(12)3-5-16-11/h2-5,10,14H,6,13H2,1H3. The van der Waals surface area contributed by atoms with Gasteiger partial charge in [0.2, 0.25) is 0 Å². The largest absolute Gasteiger partial charge is 0.469 e. The van der Waals surface area contributed by atoms with Crippen LogP contribution in [0.3, 0.4) is 0 Å². The minimum absolute atomic E-state index is 0.0914.